The minimum atomic E-state index is 0.526. The maximum Gasteiger partial charge on any atom is 0.240 e. The van der Waals surface area contributed by atoms with Gasteiger partial charge in [0.15, 0.2) is 0 Å². The van der Waals surface area contributed by atoms with Gasteiger partial charge in [-0.05, 0) is 43.0 Å². The van der Waals surface area contributed by atoms with Gasteiger partial charge in [0.1, 0.15) is 10.6 Å². The van der Waals surface area contributed by atoms with Crippen molar-refractivity contribution < 1.29 is 0 Å². The molecule has 1 aliphatic heterocycles. The first-order chi connectivity index (χ1) is 10.4. The highest BCUT2D eigenvalue weighted by Gasteiger charge is 2.34. The molecule has 2 fully saturated rings. The summed E-state index contributed by atoms with van der Waals surface area (Å²) < 4.78 is 0. The topological polar surface area (TPSA) is 67.1 Å². The smallest absolute Gasteiger partial charge is 0.240 e. The molecule has 112 valence electrons. The second-order valence-electron chi connectivity index (χ2n) is 6.10. The van der Waals surface area contributed by atoms with Crippen molar-refractivity contribution in [2.24, 2.45) is 11.8 Å². The Morgan fingerprint density at radius 2 is 2.05 bits per heavy atom. The molecule has 2 aromatic heterocycles. The van der Waals surface area contributed by atoms with E-state index in [0.29, 0.717) is 12.0 Å². The molecule has 0 bridgehead atoms. The number of hydrogen-bond acceptors (Lipinski definition) is 6. The lowest BCUT2D eigenvalue weighted by Gasteiger charge is -2.45. The molecular formula is C15H21N5S. The number of nitrogens with one attached hydrogen (secondary N) is 1. The molecule has 3 N–H and O–H groups in total. The highest BCUT2D eigenvalue weighted by atomic mass is 32.1. The highest BCUT2D eigenvalue weighted by Crippen LogP contribution is 2.39. The van der Waals surface area contributed by atoms with Crippen LogP contribution in [0, 0.1) is 5.92 Å². The standard InChI is InChI=1S/C15H21N5S/c16-19-15-17-13(11-7-9-21-14(11)18-15)20-8-3-5-10-4-1-2-6-12(10)20/h7,9-10,12H,1-6,8,16H2,(H,17,18,19)/t10-,12-/m1/s1. The maximum atomic E-state index is 5.55. The largest absolute Gasteiger partial charge is 0.353 e. The van der Waals surface area contributed by atoms with E-state index in [1.165, 1.54) is 43.9 Å². The molecule has 5 nitrogen and oxygen atoms in total. The summed E-state index contributed by atoms with van der Waals surface area (Å²) >= 11 is 1.65. The van der Waals surface area contributed by atoms with Crippen molar-refractivity contribution in [3.05, 3.63) is 11.4 Å². The summed E-state index contributed by atoms with van der Waals surface area (Å²) in [6.07, 6.45) is 8.05. The number of nitrogens with zero attached hydrogens (tertiary/aromatic N) is 3. The Labute approximate surface area is 128 Å². The van der Waals surface area contributed by atoms with E-state index in [0.717, 1.165) is 23.1 Å². The average molecular weight is 303 g/mol. The normalized spacial score (nSPS) is 25.9. The second kappa shape index (κ2) is 5.42. The molecular weight excluding hydrogens is 282 g/mol. The minimum absolute atomic E-state index is 0.526. The number of hydrazine groups is 1. The fraction of sp³-hybridized carbons (Fsp3) is 0.600. The fourth-order valence-electron chi connectivity index (χ4n) is 4.01. The second-order valence-corrected chi connectivity index (χ2v) is 7.00. The zero-order valence-corrected chi connectivity index (χ0v) is 12.9. The van der Waals surface area contributed by atoms with Gasteiger partial charge in [0.25, 0.3) is 0 Å². The zero-order valence-electron chi connectivity index (χ0n) is 12.1. The summed E-state index contributed by atoms with van der Waals surface area (Å²) in [7, 11) is 0. The van der Waals surface area contributed by atoms with Crippen LogP contribution in [-0.4, -0.2) is 22.6 Å². The van der Waals surface area contributed by atoms with Crippen LogP contribution in [0.3, 0.4) is 0 Å². The lowest BCUT2D eigenvalue weighted by atomic mass is 9.78. The minimum Gasteiger partial charge on any atom is -0.353 e. The average Bonchev–Trinajstić information content (AvgIpc) is 3.02. The van der Waals surface area contributed by atoms with Gasteiger partial charge in [-0.15, -0.1) is 11.3 Å². The summed E-state index contributed by atoms with van der Waals surface area (Å²) in [4.78, 5) is 12.7. The predicted molar refractivity (Wildman–Crippen MR) is 87.6 cm³/mol. The van der Waals surface area contributed by atoms with E-state index in [1.54, 1.807) is 11.3 Å². The van der Waals surface area contributed by atoms with Crippen LogP contribution in [0.15, 0.2) is 11.4 Å². The van der Waals surface area contributed by atoms with E-state index in [9.17, 15) is 0 Å². The van der Waals surface area contributed by atoms with Crippen LogP contribution < -0.4 is 16.2 Å². The molecule has 4 rings (SSSR count). The summed E-state index contributed by atoms with van der Waals surface area (Å²) in [5, 5.41) is 3.26. The third-order valence-corrected chi connectivity index (χ3v) is 5.76. The first-order valence-corrected chi connectivity index (χ1v) is 8.73. The van der Waals surface area contributed by atoms with Gasteiger partial charge >= 0.3 is 0 Å². The van der Waals surface area contributed by atoms with Crippen LogP contribution in [0.5, 0.6) is 0 Å². The van der Waals surface area contributed by atoms with Gasteiger partial charge in [-0.3, -0.25) is 5.43 Å². The molecule has 0 spiro atoms. The fourth-order valence-corrected chi connectivity index (χ4v) is 4.77. The molecule has 3 heterocycles. The summed E-state index contributed by atoms with van der Waals surface area (Å²) in [5.74, 6) is 7.99. The Bertz CT molecular complexity index is 638. The lowest BCUT2D eigenvalue weighted by Crippen LogP contribution is -2.47. The first kappa shape index (κ1) is 13.3. The number of piperidine rings is 1. The molecule has 1 saturated heterocycles. The summed E-state index contributed by atoms with van der Waals surface area (Å²) in [5.41, 5.74) is 2.62. The third kappa shape index (κ3) is 2.26. The molecule has 0 amide bonds. The van der Waals surface area contributed by atoms with Gasteiger partial charge in [0.05, 0.1) is 5.39 Å². The van der Waals surface area contributed by atoms with E-state index < -0.39 is 0 Å². The number of nitrogens with two attached hydrogens (primary N) is 1. The van der Waals surface area contributed by atoms with Crippen molar-refractivity contribution in [1.82, 2.24) is 9.97 Å². The van der Waals surface area contributed by atoms with Crippen LogP contribution in [0.4, 0.5) is 11.8 Å². The van der Waals surface area contributed by atoms with Crippen molar-refractivity contribution in [2.45, 2.75) is 44.6 Å². The van der Waals surface area contributed by atoms with Crippen LogP contribution >= 0.6 is 11.3 Å². The van der Waals surface area contributed by atoms with E-state index in [2.05, 4.69) is 26.8 Å². The molecule has 2 atom stereocenters. The van der Waals surface area contributed by atoms with Crippen molar-refractivity contribution in [3.63, 3.8) is 0 Å². The Kier molecular flexibility index (Phi) is 3.43. The van der Waals surface area contributed by atoms with Crippen LogP contribution in [0.25, 0.3) is 10.2 Å². The molecule has 2 aromatic rings. The van der Waals surface area contributed by atoms with Crippen molar-refractivity contribution >= 4 is 33.3 Å². The maximum absolute atomic E-state index is 5.55. The predicted octanol–water partition coefficient (Wildman–Crippen LogP) is 3.14. The molecule has 21 heavy (non-hydrogen) atoms. The molecule has 0 unspecified atom stereocenters. The molecule has 2 aliphatic rings. The van der Waals surface area contributed by atoms with E-state index in [1.807, 2.05) is 0 Å². The van der Waals surface area contributed by atoms with Gasteiger partial charge < -0.3 is 4.90 Å². The molecule has 6 heteroatoms. The summed E-state index contributed by atoms with van der Waals surface area (Å²) in [6, 6.07) is 2.79. The van der Waals surface area contributed by atoms with Crippen molar-refractivity contribution in [3.8, 4) is 0 Å². The monoisotopic (exact) mass is 303 g/mol. The summed E-state index contributed by atoms with van der Waals surface area (Å²) in [6.45, 7) is 1.10. The number of thiophene rings is 1. The zero-order chi connectivity index (χ0) is 14.2. The Hall–Kier alpha value is -1.40. The van der Waals surface area contributed by atoms with Crippen molar-refractivity contribution in [2.75, 3.05) is 16.9 Å². The van der Waals surface area contributed by atoms with Gasteiger partial charge in [-0.2, -0.15) is 4.98 Å². The molecule has 1 saturated carbocycles. The molecule has 1 aliphatic carbocycles. The number of rotatable bonds is 2. The highest BCUT2D eigenvalue weighted by molar-refractivity contribution is 7.16. The number of aromatic nitrogens is 2. The van der Waals surface area contributed by atoms with Gasteiger partial charge in [0, 0.05) is 12.6 Å². The number of nitrogen functional groups attached to an aromatic ring is 1. The quantitative estimate of drug-likeness (QED) is 0.659. The van der Waals surface area contributed by atoms with Crippen LogP contribution in [0.2, 0.25) is 0 Å². The molecule has 0 aromatic carbocycles. The lowest BCUT2D eigenvalue weighted by molar-refractivity contribution is 0.243. The Balaban J connectivity index is 1.78. The van der Waals surface area contributed by atoms with Crippen LogP contribution in [-0.2, 0) is 0 Å². The van der Waals surface area contributed by atoms with Crippen molar-refractivity contribution in [1.29, 1.82) is 0 Å². The van der Waals surface area contributed by atoms with E-state index in [4.69, 9.17) is 10.8 Å². The van der Waals surface area contributed by atoms with E-state index in [-0.39, 0.29) is 0 Å². The van der Waals surface area contributed by atoms with Gasteiger partial charge in [-0.25, -0.2) is 10.8 Å². The van der Waals surface area contributed by atoms with Crippen LogP contribution in [0.1, 0.15) is 38.5 Å². The van der Waals surface area contributed by atoms with E-state index >= 15 is 0 Å². The molecule has 0 radical (unpaired) electrons. The Morgan fingerprint density at radius 1 is 1.19 bits per heavy atom. The van der Waals surface area contributed by atoms with Gasteiger partial charge in [-0.1, -0.05) is 12.8 Å². The number of hydrogen-bond donors (Lipinski definition) is 2. The first-order valence-electron chi connectivity index (χ1n) is 7.85. The SMILES string of the molecule is NNc1nc(N2CCC[C@H]3CCCC[C@H]32)c2ccsc2n1. The third-order valence-electron chi connectivity index (χ3n) is 4.95. The Morgan fingerprint density at radius 3 is 2.95 bits per heavy atom. The van der Waals surface area contributed by atoms with Gasteiger partial charge in [0.2, 0.25) is 5.95 Å². The number of anilines is 2. The number of fused-ring (bicyclic) bond motifs is 2.